The van der Waals surface area contributed by atoms with Crippen LogP contribution in [0.4, 0.5) is 14.5 Å². The van der Waals surface area contributed by atoms with Crippen LogP contribution in [0.2, 0.25) is 5.02 Å². The van der Waals surface area contributed by atoms with Gasteiger partial charge in [0.25, 0.3) is 0 Å². The van der Waals surface area contributed by atoms with Gasteiger partial charge in [0.1, 0.15) is 5.75 Å². The number of carboxylic acid groups (broad SMARTS) is 1. The van der Waals surface area contributed by atoms with E-state index in [-0.39, 0.29) is 10.8 Å². The van der Waals surface area contributed by atoms with E-state index in [2.05, 4.69) is 10.1 Å². The van der Waals surface area contributed by atoms with Crippen LogP contribution in [0.3, 0.4) is 0 Å². The smallest absolute Gasteiger partial charge is 0.387 e. The van der Waals surface area contributed by atoms with E-state index in [1.54, 1.807) is 0 Å². The van der Waals surface area contributed by atoms with Crippen molar-refractivity contribution in [2.24, 2.45) is 11.8 Å². The van der Waals surface area contributed by atoms with Crippen molar-refractivity contribution in [2.45, 2.75) is 19.5 Å². The van der Waals surface area contributed by atoms with Crippen molar-refractivity contribution < 1.29 is 28.2 Å². The second kappa shape index (κ2) is 6.26. The van der Waals surface area contributed by atoms with Gasteiger partial charge in [0.05, 0.1) is 16.9 Å². The maximum absolute atomic E-state index is 12.1. The number of ether oxygens (including phenoxy) is 1. The molecule has 1 amide bonds. The highest BCUT2D eigenvalue weighted by atomic mass is 35.5. The number of carbonyl (C=O) groups excluding carboxylic acids is 1. The highest BCUT2D eigenvalue weighted by molar-refractivity contribution is 6.32. The Hall–Kier alpha value is -1.89. The van der Waals surface area contributed by atoms with Gasteiger partial charge in [-0.15, -0.1) is 0 Å². The normalized spacial score (nSPS) is 20.8. The van der Waals surface area contributed by atoms with E-state index in [9.17, 15) is 18.4 Å². The predicted octanol–water partition coefficient (Wildman–Crippen LogP) is 2.99. The van der Waals surface area contributed by atoms with Gasteiger partial charge in [-0.1, -0.05) is 11.6 Å². The number of carbonyl (C=O) groups is 2. The Morgan fingerprint density at radius 3 is 2.48 bits per heavy atom. The third kappa shape index (κ3) is 3.60. The van der Waals surface area contributed by atoms with Gasteiger partial charge >= 0.3 is 12.6 Å². The Morgan fingerprint density at radius 1 is 1.33 bits per heavy atom. The molecule has 0 aromatic heterocycles. The SMILES string of the molecule is O=C(O)C1CCC1C(=O)Nc1ccc(OC(F)F)c(Cl)c1. The molecule has 2 N–H and O–H groups in total. The molecular weight excluding hydrogens is 308 g/mol. The second-order valence-corrected chi connectivity index (χ2v) is 5.05. The molecule has 0 bridgehead atoms. The number of nitrogens with one attached hydrogen (secondary N) is 1. The summed E-state index contributed by atoms with van der Waals surface area (Å²) in [5.41, 5.74) is 0.294. The van der Waals surface area contributed by atoms with Gasteiger partial charge in [-0.05, 0) is 31.0 Å². The number of hydrogen-bond acceptors (Lipinski definition) is 3. The minimum atomic E-state index is -2.99. The summed E-state index contributed by atoms with van der Waals surface area (Å²) in [7, 11) is 0. The summed E-state index contributed by atoms with van der Waals surface area (Å²) < 4.78 is 28.3. The lowest BCUT2D eigenvalue weighted by atomic mass is 9.73. The summed E-state index contributed by atoms with van der Waals surface area (Å²) in [6.07, 6.45) is 0.971. The van der Waals surface area contributed by atoms with Crippen molar-refractivity contribution in [2.75, 3.05) is 5.32 Å². The van der Waals surface area contributed by atoms with E-state index < -0.39 is 30.3 Å². The molecule has 1 aromatic carbocycles. The number of hydrogen-bond donors (Lipinski definition) is 2. The van der Waals surface area contributed by atoms with Crippen LogP contribution in [0, 0.1) is 11.8 Å². The zero-order valence-corrected chi connectivity index (χ0v) is 11.4. The molecular formula is C13H12ClF2NO4. The largest absolute Gasteiger partial charge is 0.481 e. The summed E-state index contributed by atoms with van der Waals surface area (Å²) in [6, 6.07) is 3.83. The molecule has 0 heterocycles. The van der Waals surface area contributed by atoms with Crippen LogP contribution in [-0.2, 0) is 9.59 Å². The van der Waals surface area contributed by atoms with Gasteiger partial charge in [-0.2, -0.15) is 8.78 Å². The summed E-state index contributed by atoms with van der Waals surface area (Å²) in [6.45, 7) is -2.99. The number of amides is 1. The standard InChI is InChI=1S/C13H12ClF2NO4/c14-9-5-6(1-4-10(9)21-13(15)16)17-11(18)7-2-3-8(7)12(19)20/h1,4-5,7-8,13H,2-3H2,(H,17,18)(H,19,20). The van der Waals surface area contributed by atoms with Gasteiger partial charge in [-0.25, -0.2) is 0 Å². The van der Waals surface area contributed by atoms with Crippen molar-refractivity contribution in [3.05, 3.63) is 23.2 Å². The molecule has 1 saturated carbocycles. The summed E-state index contributed by atoms with van der Waals surface area (Å²) in [4.78, 5) is 22.8. The fourth-order valence-corrected chi connectivity index (χ4v) is 2.34. The van der Waals surface area contributed by atoms with E-state index in [1.807, 2.05) is 0 Å². The maximum atomic E-state index is 12.1. The molecule has 1 aliphatic rings. The van der Waals surface area contributed by atoms with Crippen LogP contribution in [0.15, 0.2) is 18.2 Å². The number of rotatable bonds is 5. The fourth-order valence-electron chi connectivity index (χ4n) is 2.11. The van der Waals surface area contributed by atoms with Crippen LogP contribution in [0.5, 0.6) is 5.75 Å². The minimum Gasteiger partial charge on any atom is -0.481 e. The Morgan fingerprint density at radius 2 is 2.00 bits per heavy atom. The number of carboxylic acids is 1. The summed E-state index contributed by atoms with van der Waals surface area (Å²) in [5, 5.41) is 11.3. The van der Waals surface area contributed by atoms with E-state index in [4.69, 9.17) is 16.7 Å². The zero-order chi connectivity index (χ0) is 15.6. The lowest BCUT2D eigenvalue weighted by Gasteiger charge is -2.31. The van der Waals surface area contributed by atoms with E-state index >= 15 is 0 Å². The fraction of sp³-hybridized carbons (Fsp3) is 0.385. The van der Waals surface area contributed by atoms with Crippen LogP contribution < -0.4 is 10.1 Å². The molecule has 1 aliphatic carbocycles. The molecule has 0 spiro atoms. The van der Waals surface area contributed by atoms with Crippen molar-refractivity contribution in [1.29, 1.82) is 0 Å². The van der Waals surface area contributed by atoms with Gasteiger partial charge < -0.3 is 15.2 Å². The molecule has 21 heavy (non-hydrogen) atoms. The molecule has 8 heteroatoms. The third-order valence-corrected chi connectivity index (χ3v) is 3.64. The quantitative estimate of drug-likeness (QED) is 0.875. The van der Waals surface area contributed by atoms with Crippen molar-refractivity contribution >= 4 is 29.2 Å². The molecule has 0 saturated heterocycles. The van der Waals surface area contributed by atoms with Crippen LogP contribution in [-0.4, -0.2) is 23.6 Å². The average Bonchev–Trinajstić information content (AvgIpc) is 2.29. The van der Waals surface area contributed by atoms with Crippen molar-refractivity contribution in [3.8, 4) is 5.75 Å². The van der Waals surface area contributed by atoms with Crippen LogP contribution in [0.25, 0.3) is 0 Å². The summed E-state index contributed by atoms with van der Waals surface area (Å²) >= 11 is 5.76. The molecule has 2 rings (SSSR count). The lowest BCUT2D eigenvalue weighted by Crippen LogP contribution is -2.41. The van der Waals surface area contributed by atoms with Gasteiger partial charge in [0.15, 0.2) is 0 Å². The zero-order valence-electron chi connectivity index (χ0n) is 10.7. The molecule has 0 aliphatic heterocycles. The Bertz CT molecular complexity index is 567. The van der Waals surface area contributed by atoms with Crippen LogP contribution in [0.1, 0.15) is 12.8 Å². The van der Waals surface area contributed by atoms with Gasteiger partial charge in [0, 0.05) is 5.69 Å². The number of aliphatic carboxylic acids is 1. The number of alkyl halides is 2. The van der Waals surface area contributed by atoms with E-state index in [0.29, 0.717) is 18.5 Å². The first kappa shape index (κ1) is 15.5. The predicted molar refractivity (Wildman–Crippen MR) is 70.6 cm³/mol. The maximum Gasteiger partial charge on any atom is 0.387 e. The first-order chi connectivity index (χ1) is 9.88. The first-order valence-corrected chi connectivity index (χ1v) is 6.54. The van der Waals surface area contributed by atoms with E-state index in [1.165, 1.54) is 18.2 Å². The first-order valence-electron chi connectivity index (χ1n) is 6.16. The Kier molecular flexibility index (Phi) is 4.62. The van der Waals surface area contributed by atoms with E-state index in [0.717, 1.165) is 0 Å². The van der Waals surface area contributed by atoms with Gasteiger partial charge in [-0.3, -0.25) is 9.59 Å². The molecule has 1 fully saturated rings. The Balaban J connectivity index is 2.01. The van der Waals surface area contributed by atoms with Gasteiger partial charge in [0.2, 0.25) is 5.91 Å². The third-order valence-electron chi connectivity index (χ3n) is 3.34. The summed E-state index contributed by atoms with van der Waals surface area (Å²) in [5.74, 6) is -2.88. The highest BCUT2D eigenvalue weighted by Gasteiger charge is 2.41. The second-order valence-electron chi connectivity index (χ2n) is 4.64. The average molecular weight is 320 g/mol. The molecule has 1 aromatic rings. The molecule has 5 nitrogen and oxygen atoms in total. The van der Waals surface area contributed by atoms with Crippen molar-refractivity contribution in [1.82, 2.24) is 0 Å². The van der Waals surface area contributed by atoms with Crippen molar-refractivity contribution in [3.63, 3.8) is 0 Å². The molecule has 2 atom stereocenters. The monoisotopic (exact) mass is 319 g/mol. The molecule has 114 valence electrons. The number of benzene rings is 1. The minimum absolute atomic E-state index is 0.0727. The lowest BCUT2D eigenvalue weighted by molar-refractivity contribution is -0.151. The number of anilines is 1. The van der Waals surface area contributed by atoms with Crippen LogP contribution >= 0.6 is 11.6 Å². The molecule has 2 unspecified atom stereocenters. The number of halogens is 3. The highest BCUT2D eigenvalue weighted by Crippen LogP contribution is 2.36. The Labute approximate surface area is 123 Å². The molecule has 0 radical (unpaired) electrons. The topological polar surface area (TPSA) is 75.6 Å².